The normalized spacial score (nSPS) is 18.5. The van der Waals surface area contributed by atoms with Crippen LogP contribution in [0.2, 0.25) is 5.02 Å². The van der Waals surface area contributed by atoms with E-state index in [0.717, 1.165) is 0 Å². The predicted octanol–water partition coefficient (Wildman–Crippen LogP) is 2.85. The summed E-state index contributed by atoms with van der Waals surface area (Å²) < 4.78 is 5.31. The number of carboxylic acid groups (broad SMARTS) is 1. The van der Waals surface area contributed by atoms with Gasteiger partial charge in [-0.1, -0.05) is 23.7 Å². The molecule has 0 saturated carbocycles. The number of nitrogens with zero attached hydrogens (tertiary/aromatic N) is 3. The first-order valence-corrected chi connectivity index (χ1v) is 10.9. The summed E-state index contributed by atoms with van der Waals surface area (Å²) >= 11 is 6.23. The summed E-state index contributed by atoms with van der Waals surface area (Å²) in [6.45, 7) is 4.34. The molecule has 0 spiro atoms. The number of amides is 2. The largest absolute Gasteiger partial charge is 0.465 e. The second-order valence-electron chi connectivity index (χ2n) is 7.80. The molecule has 2 aliphatic heterocycles. The fraction of sp³-hybridized carbons (Fsp3) is 0.391. The van der Waals surface area contributed by atoms with E-state index in [0.29, 0.717) is 27.6 Å². The summed E-state index contributed by atoms with van der Waals surface area (Å²) in [5.74, 6) is -1.64. The van der Waals surface area contributed by atoms with E-state index in [9.17, 15) is 19.5 Å². The number of dihydropyridines is 1. The van der Waals surface area contributed by atoms with Crippen LogP contribution < -0.4 is 5.32 Å². The molecule has 10 heteroatoms. The molecular formula is C23H25ClN4O5. The van der Waals surface area contributed by atoms with Crippen LogP contribution in [-0.4, -0.2) is 65.7 Å². The van der Waals surface area contributed by atoms with Crippen LogP contribution in [-0.2, 0) is 14.3 Å². The third-order valence-corrected chi connectivity index (χ3v) is 5.91. The highest BCUT2D eigenvalue weighted by molar-refractivity contribution is 6.30. The van der Waals surface area contributed by atoms with Crippen LogP contribution in [0.1, 0.15) is 31.7 Å². The van der Waals surface area contributed by atoms with Crippen molar-refractivity contribution in [3.63, 3.8) is 0 Å². The first-order chi connectivity index (χ1) is 15.7. The summed E-state index contributed by atoms with van der Waals surface area (Å²) in [5.41, 5.74) is 2.44. The van der Waals surface area contributed by atoms with Crippen molar-refractivity contribution >= 4 is 29.6 Å². The molecule has 0 aliphatic carbocycles. The van der Waals surface area contributed by atoms with Gasteiger partial charge in [-0.15, -0.1) is 0 Å². The molecule has 0 radical (unpaired) electrons. The fourth-order valence-electron chi connectivity index (χ4n) is 4.11. The minimum atomic E-state index is -1.02. The molecule has 1 aromatic rings. The third-order valence-electron chi connectivity index (χ3n) is 5.68. The van der Waals surface area contributed by atoms with E-state index < -0.39 is 18.0 Å². The molecular weight excluding hydrogens is 448 g/mol. The molecule has 174 valence electrons. The van der Waals surface area contributed by atoms with Gasteiger partial charge in [0.25, 0.3) is 5.91 Å². The first kappa shape index (κ1) is 24.1. The molecule has 9 nitrogen and oxygen atoms in total. The molecule has 33 heavy (non-hydrogen) atoms. The van der Waals surface area contributed by atoms with Crippen LogP contribution in [0, 0.1) is 11.3 Å². The quantitative estimate of drug-likeness (QED) is 0.499. The Bertz CT molecular complexity index is 1070. The number of carbonyl (C=O) groups excluding carboxylic acids is 2. The number of allylic oxidation sites excluding steroid dienone is 2. The lowest BCUT2D eigenvalue weighted by molar-refractivity contribution is -0.139. The highest BCUT2D eigenvalue weighted by atomic mass is 35.5. The maximum Gasteiger partial charge on any atom is 0.407 e. The Morgan fingerprint density at radius 1 is 1.15 bits per heavy atom. The Kier molecular flexibility index (Phi) is 7.61. The van der Waals surface area contributed by atoms with Gasteiger partial charge in [0.2, 0.25) is 0 Å². The number of nitriles is 1. The predicted molar refractivity (Wildman–Crippen MR) is 120 cm³/mol. The lowest BCUT2D eigenvalue weighted by atomic mass is 9.79. The van der Waals surface area contributed by atoms with Crippen LogP contribution in [0.25, 0.3) is 0 Å². The molecule has 1 unspecified atom stereocenters. The van der Waals surface area contributed by atoms with E-state index in [1.165, 1.54) is 4.90 Å². The van der Waals surface area contributed by atoms with Gasteiger partial charge >= 0.3 is 12.1 Å². The van der Waals surface area contributed by atoms with E-state index in [4.69, 9.17) is 21.6 Å². The number of ether oxygens (including phenoxy) is 1. The standard InChI is InChI=1S/C23H25ClN4O5/c1-14-18(21(29)27-8-10-28(11-9-27)23(31)32)20(16-5-3-6-17(24)13-16)19(15(2)26-14)22(30)33-12-4-7-25/h3,5-6,13,20,26H,4,8-12H2,1-2H3,(H,31,32). The van der Waals surface area contributed by atoms with Crippen molar-refractivity contribution in [2.24, 2.45) is 0 Å². The Labute approximate surface area is 196 Å². The number of esters is 1. The van der Waals surface area contributed by atoms with Crippen molar-refractivity contribution in [1.29, 1.82) is 5.26 Å². The van der Waals surface area contributed by atoms with Gasteiger partial charge < -0.3 is 25.0 Å². The Morgan fingerprint density at radius 2 is 1.79 bits per heavy atom. The second-order valence-corrected chi connectivity index (χ2v) is 8.23. The van der Waals surface area contributed by atoms with Crippen LogP contribution in [0.5, 0.6) is 0 Å². The molecule has 1 saturated heterocycles. The summed E-state index contributed by atoms with van der Waals surface area (Å²) in [7, 11) is 0. The summed E-state index contributed by atoms with van der Waals surface area (Å²) in [6, 6.07) is 8.88. The van der Waals surface area contributed by atoms with Crippen molar-refractivity contribution in [3.8, 4) is 6.07 Å². The van der Waals surface area contributed by atoms with Gasteiger partial charge in [0.05, 0.1) is 24.0 Å². The van der Waals surface area contributed by atoms with Gasteiger partial charge in [0, 0.05) is 48.2 Å². The lowest BCUT2D eigenvalue weighted by Crippen LogP contribution is -2.51. The van der Waals surface area contributed by atoms with E-state index >= 15 is 0 Å². The number of benzene rings is 1. The van der Waals surface area contributed by atoms with Crippen molar-refractivity contribution in [3.05, 3.63) is 57.4 Å². The maximum absolute atomic E-state index is 13.7. The van der Waals surface area contributed by atoms with Crippen molar-refractivity contribution in [1.82, 2.24) is 15.1 Å². The van der Waals surface area contributed by atoms with E-state index in [-0.39, 0.29) is 50.7 Å². The zero-order valence-electron chi connectivity index (χ0n) is 18.4. The van der Waals surface area contributed by atoms with E-state index in [1.54, 1.807) is 43.0 Å². The highest BCUT2D eigenvalue weighted by Crippen LogP contribution is 2.40. The second kappa shape index (κ2) is 10.4. The van der Waals surface area contributed by atoms with Gasteiger partial charge in [-0.2, -0.15) is 5.26 Å². The number of hydrogen-bond donors (Lipinski definition) is 2. The summed E-state index contributed by atoms with van der Waals surface area (Å²) in [4.78, 5) is 40.8. The molecule has 2 N–H and O–H groups in total. The van der Waals surface area contributed by atoms with Crippen LogP contribution in [0.15, 0.2) is 46.8 Å². The Morgan fingerprint density at radius 3 is 2.39 bits per heavy atom. The number of hydrogen-bond acceptors (Lipinski definition) is 6. The third kappa shape index (κ3) is 5.29. The average Bonchev–Trinajstić information content (AvgIpc) is 2.78. The Hall–Kier alpha value is -3.51. The molecule has 2 aliphatic rings. The molecule has 0 bridgehead atoms. The van der Waals surface area contributed by atoms with Gasteiger partial charge in [0.1, 0.15) is 6.61 Å². The van der Waals surface area contributed by atoms with Gasteiger partial charge in [-0.25, -0.2) is 9.59 Å². The van der Waals surface area contributed by atoms with Gasteiger partial charge in [-0.3, -0.25) is 4.79 Å². The van der Waals surface area contributed by atoms with Crippen LogP contribution >= 0.6 is 11.6 Å². The minimum Gasteiger partial charge on any atom is -0.465 e. The SMILES string of the molecule is CC1=C(C(=O)OCCC#N)C(c2cccc(Cl)c2)C(C(=O)N2CCN(C(=O)O)CC2)=C(C)N1. The molecule has 0 aromatic heterocycles. The first-order valence-electron chi connectivity index (χ1n) is 10.5. The number of nitrogens with one attached hydrogen (secondary N) is 1. The van der Waals surface area contributed by atoms with Crippen molar-refractivity contribution in [2.45, 2.75) is 26.2 Å². The molecule has 2 amide bonds. The number of halogens is 1. The molecule has 3 rings (SSSR count). The smallest absolute Gasteiger partial charge is 0.407 e. The highest BCUT2D eigenvalue weighted by Gasteiger charge is 2.39. The minimum absolute atomic E-state index is 0.0574. The van der Waals surface area contributed by atoms with E-state index in [1.807, 2.05) is 6.07 Å². The zero-order chi connectivity index (χ0) is 24.1. The molecule has 1 fully saturated rings. The Balaban J connectivity index is 1.99. The topological polar surface area (TPSA) is 123 Å². The molecule has 1 atom stereocenters. The fourth-order valence-corrected chi connectivity index (χ4v) is 4.30. The van der Waals surface area contributed by atoms with Crippen LogP contribution in [0.3, 0.4) is 0 Å². The summed E-state index contributed by atoms with van der Waals surface area (Å²) in [5, 5.41) is 21.5. The lowest BCUT2D eigenvalue weighted by Gasteiger charge is -2.37. The monoisotopic (exact) mass is 472 g/mol. The molecule has 1 aromatic carbocycles. The van der Waals surface area contributed by atoms with Gasteiger partial charge in [-0.05, 0) is 31.5 Å². The molecule has 2 heterocycles. The van der Waals surface area contributed by atoms with Crippen molar-refractivity contribution in [2.75, 3.05) is 32.8 Å². The number of piperazine rings is 1. The van der Waals surface area contributed by atoms with Crippen molar-refractivity contribution < 1.29 is 24.2 Å². The number of carbonyl (C=O) groups is 3. The summed E-state index contributed by atoms with van der Waals surface area (Å²) in [6.07, 6.45) is -0.962. The maximum atomic E-state index is 13.7. The number of rotatable bonds is 5. The zero-order valence-corrected chi connectivity index (χ0v) is 19.2. The van der Waals surface area contributed by atoms with Gasteiger partial charge in [0.15, 0.2) is 0 Å². The van der Waals surface area contributed by atoms with Crippen LogP contribution in [0.4, 0.5) is 4.79 Å². The average molecular weight is 473 g/mol. The van der Waals surface area contributed by atoms with E-state index in [2.05, 4.69) is 5.32 Å².